The zero-order valence-corrected chi connectivity index (χ0v) is 11.7. The molecule has 7 heteroatoms. The smallest absolute Gasteiger partial charge is 0.173 e. The van der Waals surface area contributed by atoms with Crippen LogP contribution in [-0.4, -0.2) is 27.4 Å². The van der Waals surface area contributed by atoms with Crippen molar-refractivity contribution in [1.82, 2.24) is 9.78 Å². The number of nitrogens with two attached hydrogens (primary N) is 1. The molecule has 3 N–H and O–H groups in total. The van der Waals surface area contributed by atoms with E-state index in [1.54, 1.807) is 29.1 Å². The summed E-state index contributed by atoms with van der Waals surface area (Å²) in [5, 5.41) is 16.3. The Balaban J connectivity index is 2.06. The highest BCUT2D eigenvalue weighted by molar-refractivity contribution is 6.30. The van der Waals surface area contributed by atoms with Crippen molar-refractivity contribution in [3.63, 3.8) is 0 Å². The van der Waals surface area contributed by atoms with Crippen molar-refractivity contribution in [2.75, 3.05) is 6.61 Å². The fraction of sp³-hybridized carbons (Fsp3) is 0.231. The van der Waals surface area contributed by atoms with Gasteiger partial charge in [-0.2, -0.15) is 5.10 Å². The summed E-state index contributed by atoms with van der Waals surface area (Å²) in [6, 6.07) is 4.94. The lowest BCUT2D eigenvalue weighted by atomic mass is 10.2. The molecule has 1 heterocycles. The molecule has 1 aromatic heterocycles. The topological polar surface area (TPSA) is 85.7 Å². The van der Waals surface area contributed by atoms with Gasteiger partial charge in [-0.15, -0.1) is 0 Å². The molecule has 0 amide bonds. The minimum atomic E-state index is -0.0157. The second-order valence-corrected chi connectivity index (χ2v) is 4.68. The van der Waals surface area contributed by atoms with Crippen molar-refractivity contribution >= 4 is 17.4 Å². The monoisotopic (exact) mass is 294 g/mol. The summed E-state index contributed by atoms with van der Waals surface area (Å²) in [7, 11) is 1.86. The highest BCUT2D eigenvalue weighted by atomic mass is 35.5. The van der Waals surface area contributed by atoms with Crippen LogP contribution in [0.25, 0.3) is 0 Å². The number of hydrogen-bond donors (Lipinski definition) is 2. The second kappa shape index (κ2) is 6.29. The molecule has 0 bridgehead atoms. The van der Waals surface area contributed by atoms with E-state index in [1.165, 1.54) is 0 Å². The van der Waals surface area contributed by atoms with Crippen LogP contribution in [0, 0.1) is 0 Å². The molecule has 0 aliphatic rings. The summed E-state index contributed by atoms with van der Waals surface area (Å²) in [5.41, 5.74) is 7.17. The number of oxime groups is 1. The average Bonchev–Trinajstić information content (AvgIpc) is 2.84. The lowest BCUT2D eigenvalue weighted by Gasteiger charge is -2.10. The summed E-state index contributed by atoms with van der Waals surface area (Å²) in [6.45, 7) is 0.442. The molecule has 0 saturated heterocycles. The minimum absolute atomic E-state index is 0.0157. The van der Waals surface area contributed by atoms with E-state index in [0.717, 1.165) is 5.56 Å². The first kappa shape index (κ1) is 14.2. The third-order valence-corrected chi connectivity index (χ3v) is 2.97. The number of benzene rings is 1. The fourth-order valence-corrected chi connectivity index (χ4v) is 1.92. The number of nitrogens with zero attached hydrogens (tertiary/aromatic N) is 3. The van der Waals surface area contributed by atoms with Crippen LogP contribution in [0.5, 0.6) is 5.75 Å². The van der Waals surface area contributed by atoms with E-state index in [1.807, 2.05) is 13.2 Å². The van der Waals surface area contributed by atoms with Crippen LogP contribution in [0.15, 0.2) is 35.7 Å². The van der Waals surface area contributed by atoms with Gasteiger partial charge in [0.15, 0.2) is 5.84 Å². The zero-order chi connectivity index (χ0) is 14.5. The van der Waals surface area contributed by atoms with Gasteiger partial charge in [0.2, 0.25) is 0 Å². The second-order valence-electron chi connectivity index (χ2n) is 4.25. The summed E-state index contributed by atoms with van der Waals surface area (Å²) < 4.78 is 7.39. The Labute approximate surface area is 121 Å². The van der Waals surface area contributed by atoms with Gasteiger partial charge in [-0.25, -0.2) is 0 Å². The van der Waals surface area contributed by atoms with Gasteiger partial charge in [-0.1, -0.05) is 16.8 Å². The van der Waals surface area contributed by atoms with Crippen molar-refractivity contribution < 1.29 is 9.94 Å². The maximum Gasteiger partial charge on any atom is 0.173 e. The van der Waals surface area contributed by atoms with Crippen molar-refractivity contribution in [2.24, 2.45) is 17.9 Å². The average molecular weight is 295 g/mol. The van der Waals surface area contributed by atoms with Crippen molar-refractivity contribution in [3.05, 3.63) is 46.7 Å². The molecule has 0 aliphatic heterocycles. The maximum atomic E-state index is 8.75. The maximum absolute atomic E-state index is 8.75. The molecule has 2 rings (SSSR count). The molecule has 0 aliphatic carbocycles. The Morgan fingerprint density at radius 3 is 3.00 bits per heavy atom. The van der Waals surface area contributed by atoms with Crippen molar-refractivity contribution in [3.8, 4) is 5.75 Å². The number of rotatable bonds is 5. The molecule has 2 aromatic rings. The first-order chi connectivity index (χ1) is 9.60. The molecular weight excluding hydrogens is 280 g/mol. The fourth-order valence-electron chi connectivity index (χ4n) is 1.76. The van der Waals surface area contributed by atoms with Crippen LogP contribution in [-0.2, 0) is 13.5 Å². The van der Waals surface area contributed by atoms with E-state index >= 15 is 0 Å². The lowest BCUT2D eigenvalue weighted by molar-refractivity contribution is 0.313. The number of aromatic nitrogens is 2. The summed E-state index contributed by atoms with van der Waals surface area (Å²) in [5.74, 6) is 0.467. The van der Waals surface area contributed by atoms with Crippen LogP contribution in [0.3, 0.4) is 0 Å². The number of hydrogen-bond acceptors (Lipinski definition) is 4. The van der Waals surface area contributed by atoms with Crippen LogP contribution >= 0.6 is 11.6 Å². The van der Waals surface area contributed by atoms with E-state index in [9.17, 15) is 0 Å². The molecule has 0 fully saturated rings. The molecular formula is C13H15ClN4O2. The Kier molecular flexibility index (Phi) is 4.47. The predicted octanol–water partition coefficient (Wildman–Crippen LogP) is 1.79. The van der Waals surface area contributed by atoms with E-state index < -0.39 is 0 Å². The number of aryl methyl sites for hydroxylation is 1. The highest BCUT2D eigenvalue weighted by Crippen LogP contribution is 2.23. The molecule has 106 valence electrons. The van der Waals surface area contributed by atoms with Crippen molar-refractivity contribution in [1.29, 1.82) is 0 Å². The molecule has 6 nitrogen and oxygen atoms in total. The number of ether oxygens (including phenoxy) is 1. The Morgan fingerprint density at radius 2 is 2.35 bits per heavy atom. The summed E-state index contributed by atoms with van der Waals surface area (Å²) in [4.78, 5) is 0. The van der Waals surface area contributed by atoms with Gasteiger partial charge in [0.25, 0.3) is 0 Å². The van der Waals surface area contributed by atoms with Gasteiger partial charge in [-0.3, -0.25) is 4.68 Å². The Bertz CT molecular complexity index is 625. The first-order valence-corrected chi connectivity index (χ1v) is 6.35. The third kappa shape index (κ3) is 3.42. The minimum Gasteiger partial charge on any atom is -0.492 e. The van der Waals surface area contributed by atoms with Gasteiger partial charge < -0.3 is 15.7 Å². The highest BCUT2D eigenvalue weighted by Gasteiger charge is 2.09. The van der Waals surface area contributed by atoms with Crippen molar-refractivity contribution in [2.45, 2.75) is 6.42 Å². The van der Waals surface area contributed by atoms with E-state index in [0.29, 0.717) is 29.4 Å². The van der Waals surface area contributed by atoms with Crippen LogP contribution in [0.1, 0.15) is 11.1 Å². The molecule has 20 heavy (non-hydrogen) atoms. The van der Waals surface area contributed by atoms with Gasteiger partial charge in [0, 0.05) is 24.7 Å². The molecule has 0 unspecified atom stereocenters. The normalized spacial score (nSPS) is 11.6. The molecule has 1 aromatic carbocycles. The standard InChI is InChI=1S/C13H15ClN4O2/c1-18-8-9(7-16-18)4-5-20-12-6-10(14)2-3-11(12)13(15)17-19/h2-3,6-8,19H,4-5H2,1H3,(H2,15,17). The van der Waals surface area contributed by atoms with Gasteiger partial charge in [0.05, 0.1) is 18.4 Å². The third-order valence-electron chi connectivity index (χ3n) is 2.73. The molecule has 0 saturated carbocycles. The quantitative estimate of drug-likeness (QED) is 0.381. The number of halogens is 1. The van der Waals surface area contributed by atoms with Gasteiger partial charge >= 0.3 is 0 Å². The van der Waals surface area contributed by atoms with Crippen LogP contribution < -0.4 is 10.5 Å². The first-order valence-electron chi connectivity index (χ1n) is 5.98. The van der Waals surface area contributed by atoms with E-state index in [4.69, 9.17) is 27.3 Å². The molecule has 0 radical (unpaired) electrons. The van der Waals surface area contributed by atoms with Gasteiger partial charge in [-0.05, 0) is 23.8 Å². The summed E-state index contributed by atoms with van der Waals surface area (Å²) >= 11 is 5.93. The predicted molar refractivity (Wildman–Crippen MR) is 76.4 cm³/mol. The molecule has 0 atom stereocenters. The van der Waals surface area contributed by atoms with Crippen LogP contribution in [0.4, 0.5) is 0 Å². The summed E-state index contributed by atoms with van der Waals surface area (Å²) in [6.07, 6.45) is 4.41. The molecule has 0 spiro atoms. The zero-order valence-electron chi connectivity index (χ0n) is 11.0. The van der Waals surface area contributed by atoms with E-state index in [2.05, 4.69) is 10.3 Å². The Hall–Kier alpha value is -2.21. The van der Waals surface area contributed by atoms with Crippen LogP contribution in [0.2, 0.25) is 5.02 Å². The number of amidine groups is 1. The Morgan fingerprint density at radius 1 is 1.55 bits per heavy atom. The SMILES string of the molecule is Cn1cc(CCOc2cc(Cl)ccc2/C(N)=N/O)cn1. The largest absolute Gasteiger partial charge is 0.492 e. The van der Waals surface area contributed by atoms with E-state index in [-0.39, 0.29) is 5.84 Å². The van der Waals surface area contributed by atoms with Gasteiger partial charge in [0.1, 0.15) is 5.75 Å². The lowest BCUT2D eigenvalue weighted by Crippen LogP contribution is -2.15.